The van der Waals surface area contributed by atoms with Crippen molar-refractivity contribution in [1.29, 1.82) is 5.26 Å². The van der Waals surface area contributed by atoms with Crippen LogP contribution in [0.1, 0.15) is 12.5 Å². The Morgan fingerprint density at radius 3 is 3.00 bits per heavy atom. The number of hydrogen-bond donors (Lipinski definition) is 0. The minimum absolute atomic E-state index is 0.134. The molecule has 1 aromatic carbocycles. The SMILES string of the molecule is CC(C#N)CN(C)C(=O)/C=C/c1ccc2c(c1)OCO2. The number of ether oxygens (including phenoxy) is 2. The highest BCUT2D eigenvalue weighted by Crippen LogP contribution is 2.32. The minimum Gasteiger partial charge on any atom is -0.454 e. The van der Waals surface area contributed by atoms with Crippen LogP contribution in [0.3, 0.4) is 0 Å². The Morgan fingerprint density at radius 1 is 1.50 bits per heavy atom. The molecular weight excluding hydrogens is 256 g/mol. The lowest BCUT2D eigenvalue weighted by Crippen LogP contribution is -2.29. The van der Waals surface area contributed by atoms with Crippen LogP contribution >= 0.6 is 0 Å². The Hall–Kier alpha value is -2.48. The van der Waals surface area contributed by atoms with Crippen molar-refractivity contribution in [3.8, 4) is 17.6 Å². The summed E-state index contributed by atoms with van der Waals surface area (Å²) < 4.78 is 10.5. The topological polar surface area (TPSA) is 62.6 Å². The van der Waals surface area contributed by atoms with Crippen molar-refractivity contribution in [3.05, 3.63) is 29.8 Å². The molecule has 20 heavy (non-hydrogen) atoms. The van der Waals surface area contributed by atoms with Gasteiger partial charge in [0.25, 0.3) is 0 Å². The van der Waals surface area contributed by atoms with Gasteiger partial charge in [0.2, 0.25) is 12.7 Å². The molecule has 1 aliphatic rings. The number of hydrogen-bond acceptors (Lipinski definition) is 4. The first-order valence-electron chi connectivity index (χ1n) is 6.32. The second-order valence-electron chi connectivity index (χ2n) is 4.69. The predicted molar refractivity (Wildman–Crippen MR) is 74.0 cm³/mol. The van der Waals surface area contributed by atoms with E-state index in [1.165, 1.54) is 11.0 Å². The third kappa shape index (κ3) is 3.29. The van der Waals surface area contributed by atoms with E-state index in [9.17, 15) is 4.79 Å². The molecule has 1 unspecified atom stereocenters. The van der Waals surface area contributed by atoms with Gasteiger partial charge in [0.05, 0.1) is 12.0 Å². The molecule has 5 nitrogen and oxygen atoms in total. The Morgan fingerprint density at radius 2 is 2.25 bits per heavy atom. The lowest BCUT2D eigenvalue weighted by atomic mass is 10.1. The third-order valence-electron chi connectivity index (χ3n) is 2.96. The third-order valence-corrected chi connectivity index (χ3v) is 2.96. The Balaban J connectivity index is 1.99. The summed E-state index contributed by atoms with van der Waals surface area (Å²) in [6, 6.07) is 7.60. The molecule has 0 N–H and O–H groups in total. The molecule has 5 heteroatoms. The molecule has 1 aliphatic heterocycles. The normalized spacial score (nSPS) is 14.1. The highest BCUT2D eigenvalue weighted by atomic mass is 16.7. The van der Waals surface area contributed by atoms with Crippen molar-refractivity contribution in [2.24, 2.45) is 5.92 Å². The molecule has 0 aromatic heterocycles. The first kappa shape index (κ1) is 13.9. The van der Waals surface area contributed by atoms with E-state index in [-0.39, 0.29) is 18.6 Å². The van der Waals surface area contributed by atoms with Crippen LogP contribution in [0, 0.1) is 17.2 Å². The quantitative estimate of drug-likeness (QED) is 0.787. The molecule has 1 atom stereocenters. The van der Waals surface area contributed by atoms with Crippen LogP contribution in [0.15, 0.2) is 24.3 Å². The van der Waals surface area contributed by atoms with Crippen LogP contribution in [0.2, 0.25) is 0 Å². The van der Waals surface area contributed by atoms with E-state index in [0.29, 0.717) is 18.0 Å². The van der Waals surface area contributed by atoms with Gasteiger partial charge in [-0.15, -0.1) is 0 Å². The highest BCUT2D eigenvalue weighted by molar-refractivity contribution is 5.91. The van der Waals surface area contributed by atoms with E-state index in [0.717, 1.165) is 5.56 Å². The molecule has 0 saturated carbocycles. The van der Waals surface area contributed by atoms with Gasteiger partial charge >= 0.3 is 0 Å². The molecule has 0 aliphatic carbocycles. The van der Waals surface area contributed by atoms with E-state index < -0.39 is 0 Å². The van der Waals surface area contributed by atoms with Gasteiger partial charge in [-0.1, -0.05) is 6.07 Å². The molecule has 1 amide bonds. The maximum absolute atomic E-state index is 11.9. The average Bonchev–Trinajstić information content (AvgIpc) is 2.91. The number of fused-ring (bicyclic) bond motifs is 1. The zero-order valence-electron chi connectivity index (χ0n) is 11.5. The molecule has 0 spiro atoms. The van der Waals surface area contributed by atoms with Crippen molar-refractivity contribution < 1.29 is 14.3 Å². The van der Waals surface area contributed by atoms with E-state index >= 15 is 0 Å². The van der Waals surface area contributed by atoms with Crippen LogP contribution in [-0.4, -0.2) is 31.2 Å². The minimum atomic E-state index is -0.178. The summed E-state index contributed by atoms with van der Waals surface area (Å²) in [6.45, 7) is 2.43. The molecule has 104 valence electrons. The summed E-state index contributed by atoms with van der Waals surface area (Å²) in [6.07, 6.45) is 3.21. The van der Waals surface area contributed by atoms with Crippen LogP contribution in [0.5, 0.6) is 11.5 Å². The first-order chi connectivity index (χ1) is 9.60. The van der Waals surface area contributed by atoms with Crippen molar-refractivity contribution in [3.63, 3.8) is 0 Å². The van der Waals surface area contributed by atoms with Gasteiger partial charge in [-0.2, -0.15) is 5.26 Å². The number of nitrogens with zero attached hydrogens (tertiary/aromatic N) is 2. The number of carbonyl (C=O) groups is 1. The fourth-order valence-corrected chi connectivity index (χ4v) is 1.85. The summed E-state index contributed by atoms with van der Waals surface area (Å²) in [5.74, 6) is 1.09. The van der Waals surface area contributed by atoms with Crippen molar-refractivity contribution in [2.75, 3.05) is 20.4 Å². The van der Waals surface area contributed by atoms with Crippen molar-refractivity contribution in [1.82, 2.24) is 4.90 Å². The summed E-state index contributed by atoms with van der Waals surface area (Å²) in [5, 5.41) is 8.73. The lowest BCUT2D eigenvalue weighted by Gasteiger charge is -2.15. The van der Waals surface area contributed by atoms with Crippen LogP contribution < -0.4 is 9.47 Å². The fraction of sp³-hybridized carbons (Fsp3) is 0.333. The first-order valence-corrected chi connectivity index (χ1v) is 6.32. The molecule has 1 heterocycles. The Kier molecular flexibility index (Phi) is 4.26. The van der Waals surface area contributed by atoms with Crippen LogP contribution in [0.25, 0.3) is 6.08 Å². The molecule has 0 saturated heterocycles. The number of likely N-dealkylation sites (N-methyl/N-ethyl adjacent to an activating group) is 1. The highest BCUT2D eigenvalue weighted by Gasteiger charge is 2.13. The molecule has 0 fully saturated rings. The van der Waals surface area contributed by atoms with Crippen molar-refractivity contribution >= 4 is 12.0 Å². The second kappa shape index (κ2) is 6.11. The molecule has 0 bridgehead atoms. The molecule has 2 rings (SSSR count). The van der Waals surface area contributed by atoms with Gasteiger partial charge in [0.1, 0.15) is 0 Å². The zero-order valence-corrected chi connectivity index (χ0v) is 11.5. The number of rotatable bonds is 4. The Bertz CT molecular complexity index is 575. The summed E-state index contributed by atoms with van der Waals surface area (Å²) >= 11 is 0. The van der Waals surface area contributed by atoms with Gasteiger partial charge < -0.3 is 14.4 Å². The van der Waals surface area contributed by atoms with E-state index in [2.05, 4.69) is 6.07 Å². The average molecular weight is 272 g/mol. The maximum atomic E-state index is 11.9. The maximum Gasteiger partial charge on any atom is 0.246 e. The monoisotopic (exact) mass is 272 g/mol. The zero-order chi connectivity index (χ0) is 14.5. The van der Waals surface area contributed by atoms with E-state index in [4.69, 9.17) is 14.7 Å². The van der Waals surface area contributed by atoms with Gasteiger partial charge in [-0.05, 0) is 30.7 Å². The standard InChI is InChI=1S/C15H16N2O3/c1-11(8-16)9-17(2)15(18)6-4-12-3-5-13-14(7-12)20-10-19-13/h3-7,11H,9-10H2,1-2H3/b6-4+. The molecule has 1 aromatic rings. The number of carbonyl (C=O) groups excluding carboxylic acids is 1. The number of nitriles is 1. The molecular formula is C15H16N2O3. The summed E-state index contributed by atoms with van der Waals surface area (Å²) in [4.78, 5) is 13.4. The van der Waals surface area contributed by atoms with Crippen LogP contribution in [0.4, 0.5) is 0 Å². The second-order valence-corrected chi connectivity index (χ2v) is 4.69. The van der Waals surface area contributed by atoms with Crippen molar-refractivity contribution in [2.45, 2.75) is 6.92 Å². The van der Waals surface area contributed by atoms with Crippen LogP contribution in [-0.2, 0) is 4.79 Å². The summed E-state index contributed by atoms with van der Waals surface area (Å²) in [5.41, 5.74) is 0.865. The number of benzene rings is 1. The van der Waals surface area contributed by atoms with E-state index in [1.54, 1.807) is 20.0 Å². The van der Waals surface area contributed by atoms with Gasteiger partial charge in [0.15, 0.2) is 11.5 Å². The van der Waals surface area contributed by atoms with Gasteiger partial charge in [-0.25, -0.2) is 0 Å². The largest absolute Gasteiger partial charge is 0.454 e. The van der Waals surface area contributed by atoms with E-state index in [1.807, 2.05) is 18.2 Å². The molecule has 0 radical (unpaired) electrons. The van der Waals surface area contributed by atoms with Gasteiger partial charge in [-0.3, -0.25) is 4.79 Å². The fourth-order valence-electron chi connectivity index (χ4n) is 1.85. The predicted octanol–water partition coefficient (Wildman–Crippen LogP) is 2.05. The Labute approximate surface area is 118 Å². The summed E-state index contributed by atoms with van der Waals surface area (Å²) in [7, 11) is 1.68. The lowest BCUT2D eigenvalue weighted by molar-refractivity contribution is -0.125. The smallest absolute Gasteiger partial charge is 0.246 e. The van der Waals surface area contributed by atoms with Gasteiger partial charge in [0, 0.05) is 19.7 Å². The number of amides is 1.